The Hall–Kier alpha value is -1.67. The molecule has 1 aliphatic rings. The van der Waals surface area contributed by atoms with Gasteiger partial charge in [-0.1, -0.05) is 26.7 Å². The zero-order chi connectivity index (χ0) is 21.4. The van der Waals surface area contributed by atoms with Crippen molar-refractivity contribution in [2.45, 2.75) is 92.0 Å². The summed E-state index contributed by atoms with van der Waals surface area (Å²) in [6.07, 6.45) is -1.83. The van der Waals surface area contributed by atoms with Gasteiger partial charge in [0, 0.05) is 26.7 Å². The first-order valence-corrected chi connectivity index (χ1v) is 9.89. The highest BCUT2D eigenvalue weighted by molar-refractivity contribution is 5.67. The third-order valence-corrected chi connectivity index (χ3v) is 4.76. The minimum absolute atomic E-state index is 0.000981. The molecule has 0 aliphatic carbocycles. The van der Waals surface area contributed by atoms with Crippen molar-refractivity contribution in [1.29, 1.82) is 0 Å². The Labute approximate surface area is 167 Å². The van der Waals surface area contributed by atoms with Crippen molar-refractivity contribution in [3.63, 3.8) is 0 Å². The van der Waals surface area contributed by atoms with Crippen LogP contribution in [0.4, 0.5) is 0 Å². The van der Waals surface area contributed by atoms with Crippen LogP contribution in [0.25, 0.3) is 0 Å². The summed E-state index contributed by atoms with van der Waals surface area (Å²) in [5.74, 6) is -1.67. The predicted octanol–water partition coefficient (Wildman–Crippen LogP) is 2.62. The lowest BCUT2D eigenvalue weighted by Gasteiger charge is -2.47. The first-order valence-electron chi connectivity index (χ1n) is 9.89. The third-order valence-electron chi connectivity index (χ3n) is 4.76. The number of rotatable bonds is 9. The van der Waals surface area contributed by atoms with Gasteiger partial charge in [-0.25, -0.2) is 0 Å². The highest BCUT2D eigenvalue weighted by Gasteiger charge is 2.52. The molecule has 0 bridgehead atoms. The van der Waals surface area contributed by atoms with Crippen molar-refractivity contribution in [2.24, 2.45) is 11.8 Å². The molecule has 0 saturated carbocycles. The maximum atomic E-state index is 11.9. The van der Waals surface area contributed by atoms with Crippen molar-refractivity contribution < 1.29 is 38.1 Å². The van der Waals surface area contributed by atoms with Crippen LogP contribution in [-0.2, 0) is 38.1 Å². The van der Waals surface area contributed by atoms with Crippen LogP contribution in [0.15, 0.2) is 0 Å². The second-order valence-electron chi connectivity index (χ2n) is 7.33. The van der Waals surface area contributed by atoms with Gasteiger partial charge in [-0.15, -0.1) is 0 Å². The minimum Gasteiger partial charge on any atom is -0.463 e. The van der Waals surface area contributed by atoms with Gasteiger partial charge in [0.1, 0.15) is 18.8 Å². The average Bonchev–Trinajstić information content (AvgIpc) is 2.57. The molecule has 1 aliphatic heterocycles. The van der Waals surface area contributed by atoms with Crippen LogP contribution in [0, 0.1) is 11.8 Å². The molecule has 0 N–H and O–H groups in total. The van der Waals surface area contributed by atoms with Crippen LogP contribution >= 0.6 is 0 Å². The van der Waals surface area contributed by atoms with Gasteiger partial charge in [0.15, 0.2) is 12.4 Å². The number of esters is 3. The molecule has 8 nitrogen and oxygen atoms in total. The highest BCUT2D eigenvalue weighted by Crippen LogP contribution is 2.39. The quantitative estimate of drug-likeness (QED) is 0.429. The Morgan fingerprint density at radius 3 is 1.86 bits per heavy atom. The van der Waals surface area contributed by atoms with E-state index in [4.69, 9.17) is 23.7 Å². The summed E-state index contributed by atoms with van der Waals surface area (Å²) in [6, 6.07) is 0. The average molecular weight is 402 g/mol. The smallest absolute Gasteiger partial charge is 0.303 e. The van der Waals surface area contributed by atoms with E-state index in [-0.39, 0.29) is 24.5 Å². The van der Waals surface area contributed by atoms with E-state index in [2.05, 4.69) is 0 Å². The molecular formula is C20H34O8. The summed E-state index contributed by atoms with van der Waals surface area (Å²) < 4.78 is 28.2. The van der Waals surface area contributed by atoms with Gasteiger partial charge in [-0.3, -0.25) is 14.4 Å². The standard InChI is InChI=1S/C20H34O8/c1-8-15(9-2)17-16(10-24-12(5)21)28-20(25-11(3)4)19(27-14(7)23)18(17)26-13(6)22/h11,15-20H,8-10H2,1-7H3. The molecule has 0 spiro atoms. The third kappa shape index (κ3) is 7.05. The monoisotopic (exact) mass is 402 g/mol. The molecule has 1 saturated heterocycles. The number of hydrogen-bond acceptors (Lipinski definition) is 8. The van der Waals surface area contributed by atoms with Crippen molar-refractivity contribution >= 4 is 17.9 Å². The SMILES string of the molecule is CCC(CC)C1C(COC(C)=O)OC(OC(C)C)C(OC(C)=O)C1OC(C)=O. The van der Waals surface area contributed by atoms with Crippen LogP contribution in [0.5, 0.6) is 0 Å². The molecule has 1 fully saturated rings. The van der Waals surface area contributed by atoms with Crippen molar-refractivity contribution in [1.82, 2.24) is 0 Å². The molecule has 0 aromatic heterocycles. The second kappa shape index (κ2) is 11.4. The van der Waals surface area contributed by atoms with E-state index in [9.17, 15) is 14.4 Å². The first kappa shape index (κ1) is 24.4. The molecule has 1 rings (SSSR count). The zero-order valence-corrected chi connectivity index (χ0v) is 17.9. The van der Waals surface area contributed by atoms with Crippen molar-refractivity contribution in [2.75, 3.05) is 6.61 Å². The molecule has 162 valence electrons. The van der Waals surface area contributed by atoms with Gasteiger partial charge in [0.25, 0.3) is 0 Å². The molecule has 1 heterocycles. The van der Waals surface area contributed by atoms with Gasteiger partial charge < -0.3 is 23.7 Å². The maximum absolute atomic E-state index is 11.9. The summed E-state index contributed by atoms with van der Waals surface area (Å²) in [6.45, 7) is 11.6. The van der Waals surface area contributed by atoms with Crippen LogP contribution < -0.4 is 0 Å². The molecule has 0 aromatic carbocycles. The minimum atomic E-state index is -0.945. The van der Waals surface area contributed by atoms with Crippen LogP contribution in [0.3, 0.4) is 0 Å². The topological polar surface area (TPSA) is 97.4 Å². The lowest BCUT2D eigenvalue weighted by molar-refractivity contribution is -0.309. The number of carbonyl (C=O) groups excluding carboxylic acids is 3. The van der Waals surface area contributed by atoms with Crippen molar-refractivity contribution in [3.05, 3.63) is 0 Å². The van der Waals surface area contributed by atoms with Crippen LogP contribution in [0.2, 0.25) is 0 Å². The van der Waals surface area contributed by atoms with Crippen LogP contribution in [-0.4, -0.2) is 55.2 Å². The fraction of sp³-hybridized carbons (Fsp3) is 0.850. The van der Waals surface area contributed by atoms with Gasteiger partial charge in [0.05, 0.1) is 6.10 Å². The van der Waals surface area contributed by atoms with E-state index in [1.54, 1.807) is 0 Å². The largest absolute Gasteiger partial charge is 0.463 e. The zero-order valence-electron chi connectivity index (χ0n) is 17.9. The number of hydrogen-bond donors (Lipinski definition) is 0. The maximum Gasteiger partial charge on any atom is 0.303 e. The number of carbonyl (C=O) groups is 3. The Kier molecular flexibility index (Phi) is 9.89. The van der Waals surface area contributed by atoms with E-state index in [1.165, 1.54) is 20.8 Å². The van der Waals surface area contributed by atoms with Gasteiger partial charge in [-0.05, 0) is 19.8 Å². The summed E-state index contributed by atoms with van der Waals surface area (Å²) in [5, 5.41) is 0. The summed E-state index contributed by atoms with van der Waals surface area (Å²) in [7, 11) is 0. The summed E-state index contributed by atoms with van der Waals surface area (Å²) >= 11 is 0. The van der Waals surface area contributed by atoms with E-state index < -0.39 is 42.5 Å². The molecule has 0 aromatic rings. The molecule has 0 amide bonds. The normalized spacial score (nSPS) is 27.5. The summed E-state index contributed by atoms with van der Waals surface area (Å²) in [5.41, 5.74) is 0. The molecule has 8 heteroatoms. The molecule has 5 unspecified atom stereocenters. The number of ether oxygens (including phenoxy) is 5. The first-order chi connectivity index (χ1) is 13.1. The molecule has 0 radical (unpaired) electrons. The van der Waals surface area contributed by atoms with E-state index in [0.717, 1.165) is 12.8 Å². The Bertz CT molecular complexity index is 528. The van der Waals surface area contributed by atoms with Crippen molar-refractivity contribution in [3.8, 4) is 0 Å². The van der Waals surface area contributed by atoms with Crippen LogP contribution in [0.1, 0.15) is 61.3 Å². The van der Waals surface area contributed by atoms with E-state index in [1.807, 2.05) is 27.7 Å². The fourth-order valence-electron chi connectivity index (χ4n) is 3.71. The van der Waals surface area contributed by atoms with E-state index >= 15 is 0 Å². The van der Waals surface area contributed by atoms with Gasteiger partial charge in [-0.2, -0.15) is 0 Å². The summed E-state index contributed by atoms with van der Waals surface area (Å²) in [4.78, 5) is 35.0. The Balaban J connectivity index is 3.36. The second-order valence-corrected chi connectivity index (χ2v) is 7.33. The Morgan fingerprint density at radius 2 is 1.43 bits per heavy atom. The van der Waals surface area contributed by atoms with Gasteiger partial charge >= 0.3 is 17.9 Å². The molecule has 5 atom stereocenters. The fourth-order valence-corrected chi connectivity index (χ4v) is 3.71. The molecular weight excluding hydrogens is 368 g/mol. The lowest BCUT2D eigenvalue weighted by Crippen LogP contribution is -2.61. The van der Waals surface area contributed by atoms with E-state index in [0.29, 0.717) is 0 Å². The molecule has 28 heavy (non-hydrogen) atoms. The van der Waals surface area contributed by atoms with Gasteiger partial charge in [0.2, 0.25) is 0 Å². The highest BCUT2D eigenvalue weighted by atomic mass is 16.7. The predicted molar refractivity (Wildman–Crippen MR) is 100 cm³/mol. The Morgan fingerprint density at radius 1 is 0.893 bits per heavy atom. The lowest BCUT2D eigenvalue weighted by atomic mass is 9.76.